The van der Waals surface area contributed by atoms with Gasteiger partial charge in [-0.1, -0.05) is 36.9 Å². The zero-order chi connectivity index (χ0) is 25.9. The monoisotopic (exact) mass is 527 g/mol. The maximum absolute atomic E-state index is 14.6. The lowest BCUT2D eigenvalue weighted by atomic mass is 9.95. The van der Waals surface area contributed by atoms with Gasteiger partial charge in [-0.3, -0.25) is 9.69 Å². The largest absolute Gasteiger partial charge is 0.497 e. The molecule has 2 heterocycles. The third kappa shape index (κ3) is 5.72. The maximum atomic E-state index is 14.6. The van der Waals surface area contributed by atoms with Crippen LogP contribution in [0.15, 0.2) is 36.4 Å². The molecular weight excluding hydrogens is 497 g/mol. The Kier molecular flexibility index (Phi) is 7.62. The molecule has 5 rings (SSSR count). The zero-order valence-electron chi connectivity index (χ0n) is 21.0. The number of anilines is 2. The number of nitrogens with one attached hydrogen (secondary N) is 2. The van der Waals surface area contributed by atoms with Crippen LogP contribution in [0.2, 0.25) is 5.02 Å². The van der Waals surface area contributed by atoms with Crippen molar-refractivity contribution in [2.45, 2.75) is 56.7 Å². The second-order valence-corrected chi connectivity index (χ2v) is 10.1. The molecule has 0 radical (unpaired) electrons. The molecule has 2 fully saturated rings. The van der Waals surface area contributed by atoms with Crippen LogP contribution in [0.4, 0.5) is 15.9 Å². The number of nitrogens with zero attached hydrogens (tertiary/aromatic N) is 3. The Morgan fingerprint density at radius 2 is 1.97 bits per heavy atom. The average molecular weight is 528 g/mol. The summed E-state index contributed by atoms with van der Waals surface area (Å²) in [5.41, 5.74) is 0.765. The number of fused-ring (bicyclic) bond motifs is 1. The van der Waals surface area contributed by atoms with E-state index in [1.807, 2.05) is 11.9 Å². The van der Waals surface area contributed by atoms with Crippen LogP contribution in [-0.2, 0) is 4.79 Å². The van der Waals surface area contributed by atoms with Crippen molar-refractivity contribution in [3.8, 4) is 11.8 Å². The minimum absolute atomic E-state index is 0.00745. The molecule has 2 N–H and O–H groups in total. The third-order valence-electron chi connectivity index (χ3n) is 7.12. The molecule has 1 aliphatic heterocycles. The van der Waals surface area contributed by atoms with E-state index in [4.69, 9.17) is 21.1 Å². The van der Waals surface area contributed by atoms with E-state index in [0.717, 1.165) is 25.7 Å². The second-order valence-electron chi connectivity index (χ2n) is 9.74. The Morgan fingerprint density at radius 3 is 2.76 bits per heavy atom. The van der Waals surface area contributed by atoms with Gasteiger partial charge in [0.1, 0.15) is 17.7 Å². The lowest BCUT2D eigenvalue weighted by molar-refractivity contribution is -0.126. The Labute approximate surface area is 220 Å². The van der Waals surface area contributed by atoms with Crippen LogP contribution in [0.25, 0.3) is 10.9 Å². The fourth-order valence-electron chi connectivity index (χ4n) is 5.13. The van der Waals surface area contributed by atoms with Crippen molar-refractivity contribution in [1.82, 2.24) is 20.2 Å². The van der Waals surface area contributed by atoms with Crippen molar-refractivity contribution in [1.29, 1.82) is 0 Å². The highest BCUT2D eigenvalue weighted by Gasteiger charge is 2.37. The number of benzene rings is 2. The van der Waals surface area contributed by atoms with Crippen molar-refractivity contribution in [2.75, 3.05) is 26.0 Å². The predicted molar refractivity (Wildman–Crippen MR) is 141 cm³/mol. The second kappa shape index (κ2) is 11.1. The first-order chi connectivity index (χ1) is 17.9. The molecule has 0 spiro atoms. The summed E-state index contributed by atoms with van der Waals surface area (Å²) in [7, 11) is 3.50. The summed E-state index contributed by atoms with van der Waals surface area (Å²) in [6.45, 7) is 0.563. The minimum Gasteiger partial charge on any atom is -0.497 e. The van der Waals surface area contributed by atoms with E-state index < -0.39 is 5.82 Å². The molecule has 3 aromatic rings. The van der Waals surface area contributed by atoms with Crippen molar-refractivity contribution >= 4 is 39.9 Å². The number of hydrogen-bond donors (Lipinski definition) is 2. The lowest BCUT2D eigenvalue weighted by Gasteiger charge is -2.26. The van der Waals surface area contributed by atoms with E-state index >= 15 is 0 Å². The van der Waals surface area contributed by atoms with E-state index in [-0.39, 0.29) is 40.8 Å². The van der Waals surface area contributed by atoms with Crippen molar-refractivity contribution < 1.29 is 18.7 Å². The molecule has 1 saturated carbocycles. The molecule has 37 heavy (non-hydrogen) atoms. The molecule has 1 amide bonds. The van der Waals surface area contributed by atoms with Gasteiger partial charge >= 0.3 is 6.01 Å². The first kappa shape index (κ1) is 25.5. The number of halogens is 2. The third-order valence-corrected chi connectivity index (χ3v) is 7.42. The number of carbonyl (C=O) groups is 1. The predicted octanol–water partition coefficient (Wildman–Crippen LogP) is 5.07. The van der Waals surface area contributed by atoms with Gasteiger partial charge < -0.3 is 20.1 Å². The first-order valence-electron chi connectivity index (χ1n) is 12.7. The van der Waals surface area contributed by atoms with E-state index in [1.54, 1.807) is 37.4 Å². The summed E-state index contributed by atoms with van der Waals surface area (Å²) in [5, 5.41) is 6.93. The van der Waals surface area contributed by atoms with E-state index in [1.165, 1.54) is 12.5 Å². The lowest BCUT2D eigenvalue weighted by Crippen LogP contribution is -2.46. The van der Waals surface area contributed by atoms with Gasteiger partial charge in [0.2, 0.25) is 5.91 Å². The van der Waals surface area contributed by atoms with Crippen LogP contribution >= 0.6 is 11.6 Å². The molecular formula is C27H31ClFN5O3. The van der Waals surface area contributed by atoms with Gasteiger partial charge in [-0.05, 0) is 44.2 Å². The molecule has 2 atom stereocenters. The van der Waals surface area contributed by atoms with E-state index in [0.29, 0.717) is 35.4 Å². The highest BCUT2D eigenvalue weighted by Crippen LogP contribution is 2.32. The number of amides is 1. The van der Waals surface area contributed by atoms with Gasteiger partial charge in [-0.2, -0.15) is 9.97 Å². The average Bonchev–Trinajstić information content (AvgIpc) is 3.26. The molecule has 0 bridgehead atoms. The zero-order valence-corrected chi connectivity index (χ0v) is 21.7. The quantitative estimate of drug-likeness (QED) is 0.443. The van der Waals surface area contributed by atoms with Crippen LogP contribution < -0.4 is 20.1 Å². The van der Waals surface area contributed by atoms with Crippen LogP contribution in [0.1, 0.15) is 38.5 Å². The van der Waals surface area contributed by atoms with Gasteiger partial charge in [0.05, 0.1) is 29.4 Å². The van der Waals surface area contributed by atoms with Crippen LogP contribution in [0, 0.1) is 5.82 Å². The van der Waals surface area contributed by atoms with Crippen molar-refractivity contribution in [2.24, 2.45) is 0 Å². The molecule has 0 unspecified atom stereocenters. The number of likely N-dealkylation sites (N-methyl/N-ethyl adjacent to an activating group) is 1. The van der Waals surface area contributed by atoms with E-state index in [9.17, 15) is 9.18 Å². The number of ether oxygens (including phenoxy) is 2. The summed E-state index contributed by atoms with van der Waals surface area (Å²) in [6, 6.07) is 10.2. The smallest absolute Gasteiger partial charge is 0.319 e. The standard InChI is InChI=1S/C27H31ClFN5O3/c1-34-15-18(14-23(34)26(35)30-16-7-4-3-5-8-16)37-27-32-22-13-17(36-2)11-12-19(22)25(33-27)31-21-10-6-9-20(28)24(21)29/h6,9-13,16,18,23H,3-5,7-8,14-15H2,1-2H3,(H,30,35)(H,31,32,33)/t18-,23+/m1/s1. The number of carbonyl (C=O) groups excluding carboxylic acids is 1. The number of likely N-dealkylation sites (tertiary alicyclic amines) is 1. The van der Waals surface area contributed by atoms with Crippen LogP contribution in [0.3, 0.4) is 0 Å². The SMILES string of the molecule is COc1ccc2c(Nc3cccc(Cl)c3F)nc(O[C@@H]3C[C@@H](C(=O)NC4CCCCC4)N(C)C3)nc2c1. The summed E-state index contributed by atoms with van der Waals surface area (Å²) in [6.07, 6.45) is 5.91. The van der Waals surface area contributed by atoms with Gasteiger partial charge in [0, 0.05) is 30.5 Å². The van der Waals surface area contributed by atoms with Gasteiger partial charge in [0.15, 0.2) is 5.82 Å². The van der Waals surface area contributed by atoms with Crippen molar-refractivity contribution in [3.05, 3.63) is 47.2 Å². The molecule has 196 valence electrons. The molecule has 1 saturated heterocycles. The molecule has 8 nitrogen and oxygen atoms in total. The topological polar surface area (TPSA) is 88.6 Å². The number of aromatic nitrogens is 2. The van der Waals surface area contributed by atoms with Gasteiger partial charge in [0.25, 0.3) is 0 Å². The fourth-order valence-corrected chi connectivity index (χ4v) is 5.30. The molecule has 2 aromatic carbocycles. The number of hydrogen-bond acceptors (Lipinski definition) is 7. The molecule has 2 aliphatic rings. The minimum atomic E-state index is -0.573. The molecule has 1 aromatic heterocycles. The highest BCUT2D eigenvalue weighted by atomic mass is 35.5. The van der Waals surface area contributed by atoms with Crippen LogP contribution in [-0.4, -0.2) is 59.7 Å². The molecule has 10 heteroatoms. The van der Waals surface area contributed by atoms with Gasteiger partial charge in [-0.25, -0.2) is 4.39 Å². The normalized spacial score (nSPS) is 20.6. The van der Waals surface area contributed by atoms with Gasteiger partial charge in [-0.15, -0.1) is 0 Å². The first-order valence-corrected chi connectivity index (χ1v) is 13.0. The summed E-state index contributed by atoms with van der Waals surface area (Å²) in [4.78, 5) is 24.1. The maximum Gasteiger partial charge on any atom is 0.319 e. The van der Waals surface area contributed by atoms with Crippen molar-refractivity contribution in [3.63, 3.8) is 0 Å². The summed E-state index contributed by atoms with van der Waals surface area (Å²) < 4.78 is 26.2. The highest BCUT2D eigenvalue weighted by molar-refractivity contribution is 6.31. The van der Waals surface area contributed by atoms with E-state index in [2.05, 4.69) is 20.6 Å². The molecule has 1 aliphatic carbocycles. The Bertz CT molecular complexity index is 1290. The Morgan fingerprint density at radius 1 is 1.16 bits per heavy atom. The summed E-state index contributed by atoms with van der Waals surface area (Å²) in [5.74, 6) is 0.471. The fraction of sp³-hybridized carbons (Fsp3) is 0.444. The number of rotatable bonds is 7. The Balaban J connectivity index is 1.37. The Hall–Kier alpha value is -3.17. The number of methoxy groups -OCH3 is 1. The summed E-state index contributed by atoms with van der Waals surface area (Å²) >= 11 is 5.97. The van der Waals surface area contributed by atoms with Crippen LogP contribution in [0.5, 0.6) is 11.8 Å².